The zero-order valence-corrected chi connectivity index (χ0v) is 27.0. The van der Waals surface area contributed by atoms with E-state index in [-0.39, 0.29) is 11.9 Å². The van der Waals surface area contributed by atoms with Crippen molar-refractivity contribution in [3.8, 4) is 0 Å². The minimum absolute atomic E-state index is 0.0625. The molecule has 2 fully saturated rings. The van der Waals surface area contributed by atoms with Crippen LogP contribution in [0.1, 0.15) is 134 Å². The molecular weight excluding hydrogens is 508 g/mol. The van der Waals surface area contributed by atoms with Gasteiger partial charge in [-0.3, -0.25) is 9.59 Å². The third kappa shape index (κ3) is 8.02. The van der Waals surface area contributed by atoms with E-state index in [1.54, 1.807) is 0 Å². The van der Waals surface area contributed by atoms with E-state index < -0.39 is 22.0 Å². The van der Waals surface area contributed by atoms with Crippen LogP contribution in [0.15, 0.2) is 48.5 Å². The minimum Gasteiger partial charge on any atom is -0.454 e. The molecule has 4 rings (SSSR count). The molecule has 0 amide bonds. The Labute approximate surface area is 249 Å². The van der Waals surface area contributed by atoms with Gasteiger partial charge in [-0.1, -0.05) is 79.9 Å². The third-order valence-corrected chi connectivity index (χ3v) is 9.68. The lowest BCUT2D eigenvalue weighted by Crippen LogP contribution is -2.39. The second kappa shape index (κ2) is 13.6. The lowest BCUT2D eigenvalue weighted by Gasteiger charge is -2.39. The molecule has 41 heavy (non-hydrogen) atoms. The molecular formula is C37H54O4. The Kier molecular flexibility index (Phi) is 10.9. The number of carbonyl (C=O) groups is 2. The number of carbonyl (C=O) groups excluding carboxylic acids is 2. The van der Waals surface area contributed by atoms with Gasteiger partial charge in [-0.15, -0.1) is 0 Å². The number of ether oxygens (including phenoxy) is 2. The van der Waals surface area contributed by atoms with E-state index in [0.717, 1.165) is 75.3 Å². The molecule has 2 aliphatic carbocycles. The van der Waals surface area contributed by atoms with Gasteiger partial charge in [-0.25, -0.2) is 0 Å². The predicted molar refractivity (Wildman–Crippen MR) is 168 cm³/mol. The van der Waals surface area contributed by atoms with Gasteiger partial charge in [0.15, 0.2) is 0 Å². The monoisotopic (exact) mass is 562 g/mol. The van der Waals surface area contributed by atoms with Gasteiger partial charge in [0.2, 0.25) is 0 Å². The van der Waals surface area contributed by atoms with Gasteiger partial charge >= 0.3 is 11.9 Å². The van der Waals surface area contributed by atoms with Crippen molar-refractivity contribution in [2.24, 2.45) is 10.8 Å². The average Bonchev–Trinajstić information content (AvgIpc) is 3.44. The lowest BCUT2D eigenvalue weighted by atomic mass is 9.78. The second-order valence-corrected chi connectivity index (χ2v) is 13.7. The molecule has 0 radical (unpaired) electrons. The highest BCUT2D eigenvalue weighted by molar-refractivity contribution is 5.77. The fraction of sp³-hybridized carbons (Fsp3) is 0.622. The Morgan fingerprint density at radius 1 is 0.585 bits per heavy atom. The Morgan fingerprint density at radius 2 is 0.878 bits per heavy atom. The molecule has 2 aromatic carbocycles. The molecule has 2 saturated carbocycles. The maximum atomic E-state index is 12.6. The summed E-state index contributed by atoms with van der Waals surface area (Å²) in [4.78, 5) is 25.1. The van der Waals surface area contributed by atoms with Crippen LogP contribution in [-0.4, -0.2) is 11.9 Å². The van der Waals surface area contributed by atoms with Crippen LogP contribution in [0.25, 0.3) is 0 Å². The predicted octanol–water partition coefficient (Wildman–Crippen LogP) is 9.88. The first kappa shape index (κ1) is 32.9. The van der Waals surface area contributed by atoms with Gasteiger partial charge in [-0.2, -0.15) is 0 Å². The molecule has 0 heterocycles. The van der Waals surface area contributed by atoms with Crippen LogP contribution in [-0.2, 0) is 30.3 Å². The largest absolute Gasteiger partial charge is 0.454 e. The van der Waals surface area contributed by atoms with Gasteiger partial charge in [0.25, 0.3) is 0 Å². The first-order valence-corrected chi connectivity index (χ1v) is 15.9. The number of esters is 2. The summed E-state index contributed by atoms with van der Waals surface area (Å²) in [5, 5.41) is 0. The Morgan fingerprint density at radius 3 is 1.17 bits per heavy atom. The van der Waals surface area contributed by atoms with Crippen LogP contribution in [0.5, 0.6) is 0 Å². The molecule has 4 heteroatoms. The molecule has 4 nitrogen and oxygen atoms in total. The summed E-state index contributed by atoms with van der Waals surface area (Å²) in [6.07, 6.45) is 11.2. The summed E-state index contributed by atoms with van der Waals surface area (Å²) in [5.74, 6) is -0.130. The highest BCUT2D eigenvalue weighted by Crippen LogP contribution is 2.44. The fourth-order valence-corrected chi connectivity index (χ4v) is 5.60. The molecule has 2 aliphatic rings. The van der Waals surface area contributed by atoms with Crippen molar-refractivity contribution in [2.45, 2.75) is 137 Å². The fourth-order valence-electron chi connectivity index (χ4n) is 5.60. The van der Waals surface area contributed by atoms with E-state index in [1.807, 2.05) is 41.5 Å². The van der Waals surface area contributed by atoms with Crippen molar-refractivity contribution >= 4 is 11.9 Å². The van der Waals surface area contributed by atoms with E-state index in [0.29, 0.717) is 0 Å². The molecule has 0 spiro atoms. The lowest BCUT2D eigenvalue weighted by molar-refractivity contribution is -0.176. The Bertz CT molecular complexity index is 1130. The Balaban J connectivity index is 0.000000226. The molecule has 0 atom stereocenters. The molecule has 0 N–H and O–H groups in total. The van der Waals surface area contributed by atoms with Crippen LogP contribution < -0.4 is 0 Å². The molecule has 2 aromatic rings. The van der Waals surface area contributed by atoms with Crippen LogP contribution in [0.2, 0.25) is 0 Å². The minimum atomic E-state index is -0.408. The summed E-state index contributed by atoms with van der Waals surface area (Å²) in [7, 11) is 0. The SMILES string of the molecule is CCC(C)(C)C(=O)OC1(c2ccc(C)cc2)CCCC1.CCC(C)(C)C(=O)OC1(c2ccc(C)cc2)CCCCC1. The molecule has 0 bridgehead atoms. The number of hydrogen-bond donors (Lipinski definition) is 0. The average molecular weight is 563 g/mol. The molecule has 0 unspecified atom stereocenters. The van der Waals surface area contributed by atoms with E-state index in [1.165, 1.54) is 17.5 Å². The van der Waals surface area contributed by atoms with Gasteiger partial charge in [0.1, 0.15) is 11.2 Å². The second-order valence-electron chi connectivity index (χ2n) is 13.7. The van der Waals surface area contributed by atoms with E-state index in [9.17, 15) is 9.59 Å². The van der Waals surface area contributed by atoms with Crippen molar-refractivity contribution < 1.29 is 19.1 Å². The van der Waals surface area contributed by atoms with Gasteiger partial charge in [-0.05, 0) is 117 Å². The Hall–Kier alpha value is -2.62. The zero-order valence-electron chi connectivity index (χ0n) is 27.0. The standard InChI is InChI=1S/C19H28O2.C18H26O2/c1-5-18(3,4)17(20)21-19(13-7-6-8-14-19)16-11-9-15(2)10-12-16;1-5-17(3,4)16(19)20-18(12-6-7-13-18)15-10-8-14(2)9-11-15/h9-12H,5-8,13-14H2,1-4H3;8-11H,5-7,12-13H2,1-4H3. The van der Waals surface area contributed by atoms with Gasteiger partial charge < -0.3 is 9.47 Å². The molecule has 0 aromatic heterocycles. The van der Waals surface area contributed by atoms with Crippen LogP contribution in [0.3, 0.4) is 0 Å². The zero-order chi connectivity index (χ0) is 30.3. The quantitative estimate of drug-likeness (QED) is 0.300. The highest BCUT2D eigenvalue weighted by atomic mass is 16.6. The number of aryl methyl sites for hydroxylation is 2. The van der Waals surface area contributed by atoms with Gasteiger partial charge in [0.05, 0.1) is 10.8 Å². The first-order chi connectivity index (χ1) is 19.3. The highest BCUT2D eigenvalue weighted by Gasteiger charge is 2.43. The normalized spacial score (nSPS) is 18.1. The van der Waals surface area contributed by atoms with Crippen LogP contribution >= 0.6 is 0 Å². The summed E-state index contributed by atoms with van der Waals surface area (Å²) < 4.78 is 12.2. The molecule has 226 valence electrons. The van der Waals surface area contributed by atoms with Crippen molar-refractivity contribution in [1.82, 2.24) is 0 Å². The van der Waals surface area contributed by atoms with Crippen LogP contribution in [0, 0.1) is 24.7 Å². The molecule has 0 aliphatic heterocycles. The van der Waals surface area contributed by atoms with Crippen molar-refractivity contribution in [1.29, 1.82) is 0 Å². The number of benzene rings is 2. The first-order valence-electron chi connectivity index (χ1n) is 15.9. The van der Waals surface area contributed by atoms with E-state index in [2.05, 4.69) is 62.4 Å². The van der Waals surface area contributed by atoms with E-state index in [4.69, 9.17) is 9.47 Å². The van der Waals surface area contributed by atoms with Crippen molar-refractivity contribution in [2.75, 3.05) is 0 Å². The van der Waals surface area contributed by atoms with E-state index >= 15 is 0 Å². The van der Waals surface area contributed by atoms with Gasteiger partial charge in [0, 0.05) is 0 Å². The maximum absolute atomic E-state index is 12.6. The maximum Gasteiger partial charge on any atom is 0.312 e. The van der Waals surface area contributed by atoms with Crippen molar-refractivity contribution in [3.05, 3.63) is 70.8 Å². The topological polar surface area (TPSA) is 52.6 Å². The smallest absolute Gasteiger partial charge is 0.312 e. The number of hydrogen-bond acceptors (Lipinski definition) is 4. The van der Waals surface area contributed by atoms with Crippen LogP contribution in [0.4, 0.5) is 0 Å². The number of rotatable bonds is 8. The summed E-state index contributed by atoms with van der Waals surface area (Å²) in [5.41, 5.74) is 3.18. The summed E-state index contributed by atoms with van der Waals surface area (Å²) in [6.45, 7) is 16.1. The van der Waals surface area contributed by atoms with Crippen molar-refractivity contribution in [3.63, 3.8) is 0 Å². The molecule has 0 saturated heterocycles. The third-order valence-electron chi connectivity index (χ3n) is 9.68. The summed E-state index contributed by atoms with van der Waals surface area (Å²) >= 11 is 0. The summed E-state index contributed by atoms with van der Waals surface area (Å²) in [6, 6.07) is 16.9.